The van der Waals surface area contributed by atoms with Gasteiger partial charge in [-0.1, -0.05) is 0 Å². The van der Waals surface area contributed by atoms with Crippen molar-refractivity contribution in [1.82, 2.24) is 4.90 Å². The van der Waals surface area contributed by atoms with Crippen molar-refractivity contribution in [3.8, 4) is 0 Å². The Morgan fingerprint density at radius 3 is 2.20 bits per heavy atom. The van der Waals surface area contributed by atoms with Crippen molar-refractivity contribution in [2.45, 2.75) is 32.0 Å². The number of carbonyl (C=O) groups excluding carboxylic acids is 1. The van der Waals surface area contributed by atoms with Crippen LogP contribution in [0.1, 0.15) is 20.3 Å². The lowest BCUT2D eigenvalue weighted by Crippen LogP contribution is -2.49. The highest BCUT2D eigenvalue weighted by Gasteiger charge is 2.44. The van der Waals surface area contributed by atoms with E-state index in [0.717, 1.165) is 19.5 Å². The van der Waals surface area contributed by atoms with Crippen molar-refractivity contribution in [2.75, 3.05) is 19.6 Å². The molecule has 1 rings (SSSR count). The third-order valence-corrected chi connectivity index (χ3v) is 2.15. The highest BCUT2D eigenvalue weighted by atomic mass is 19.4. The number of carbonyl (C=O) groups is 1. The summed E-state index contributed by atoms with van der Waals surface area (Å²) in [6.45, 7) is 5.01. The Labute approximate surface area is 86.2 Å². The number of likely N-dealkylation sites (tertiary alicyclic amines) is 1. The summed E-state index contributed by atoms with van der Waals surface area (Å²) in [4.78, 5) is 12.6. The van der Waals surface area contributed by atoms with Gasteiger partial charge in [0.05, 0.1) is 0 Å². The highest BCUT2D eigenvalue weighted by Crippen LogP contribution is 2.23. The second-order valence-electron chi connectivity index (χ2n) is 4.28. The van der Waals surface area contributed by atoms with Gasteiger partial charge in [-0.3, -0.25) is 4.90 Å². The summed E-state index contributed by atoms with van der Waals surface area (Å²) >= 11 is 0. The minimum absolute atomic E-state index is 0.342. The maximum absolute atomic E-state index is 11.9. The second-order valence-corrected chi connectivity index (χ2v) is 4.28. The molecule has 0 atom stereocenters. The third kappa shape index (κ3) is 3.70. The van der Waals surface area contributed by atoms with Crippen molar-refractivity contribution < 1.29 is 22.7 Å². The van der Waals surface area contributed by atoms with Crippen LogP contribution in [0.5, 0.6) is 0 Å². The molecule has 15 heavy (non-hydrogen) atoms. The van der Waals surface area contributed by atoms with Gasteiger partial charge >= 0.3 is 12.1 Å². The summed E-state index contributed by atoms with van der Waals surface area (Å²) in [5.41, 5.74) is -1.09. The first-order chi connectivity index (χ1) is 6.71. The van der Waals surface area contributed by atoms with Gasteiger partial charge in [0.1, 0.15) is 5.60 Å². The van der Waals surface area contributed by atoms with Crippen molar-refractivity contribution in [1.29, 1.82) is 0 Å². The summed E-state index contributed by atoms with van der Waals surface area (Å²) in [5, 5.41) is 0. The van der Waals surface area contributed by atoms with E-state index >= 15 is 0 Å². The second kappa shape index (κ2) is 4.00. The molecule has 1 fully saturated rings. The summed E-state index contributed by atoms with van der Waals surface area (Å²) in [5.74, 6) is -2.12. The van der Waals surface area contributed by atoms with Crippen LogP contribution in [-0.4, -0.2) is 42.3 Å². The summed E-state index contributed by atoms with van der Waals surface area (Å²) in [6.07, 6.45) is -3.87. The van der Waals surface area contributed by atoms with Crippen molar-refractivity contribution in [3.63, 3.8) is 0 Å². The number of halogens is 3. The minimum atomic E-state index is -4.91. The topological polar surface area (TPSA) is 29.5 Å². The smallest absolute Gasteiger partial charge is 0.452 e. The number of alkyl halides is 3. The standard InChI is InChI=1S/C9H14F3NO2/c1-8(2,6-13-4-3-5-13)15-7(14)9(10,11)12/h3-6H2,1-2H3. The van der Waals surface area contributed by atoms with Crippen LogP contribution in [0.2, 0.25) is 0 Å². The third-order valence-electron chi connectivity index (χ3n) is 2.15. The fourth-order valence-corrected chi connectivity index (χ4v) is 1.42. The van der Waals surface area contributed by atoms with Crippen LogP contribution in [0.15, 0.2) is 0 Å². The van der Waals surface area contributed by atoms with Crippen LogP contribution in [-0.2, 0) is 9.53 Å². The predicted molar refractivity (Wildman–Crippen MR) is 47.3 cm³/mol. The van der Waals surface area contributed by atoms with Crippen molar-refractivity contribution >= 4 is 5.97 Å². The monoisotopic (exact) mass is 225 g/mol. The Hall–Kier alpha value is -0.780. The Kier molecular flexibility index (Phi) is 3.28. The predicted octanol–water partition coefficient (Wildman–Crippen LogP) is 1.58. The van der Waals surface area contributed by atoms with E-state index in [2.05, 4.69) is 4.74 Å². The molecule has 0 aromatic rings. The molecule has 88 valence electrons. The van der Waals surface area contributed by atoms with E-state index < -0.39 is 17.7 Å². The van der Waals surface area contributed by atoms with Crippen LogP contribution in [0.3, 0.4) is 0 Å². The first-order valence-corrected chi connectivity index (χ1v) is 4.73. The molecule has 0 aromatic heterocycles. The van der Waals surface area contributed by atoms with Crippen molar-refractivity contribution in [3.05, 3.63) is 0 Å². The van der Waals surface area contributed by atoms with Crippen LogP contribution in [0, 0.1) is 0 Å². The molecule has 1 heterocycles. The number of rotatable bonds is 3. The zero-order valence-electron chi connectivity index (χ0n) is 8.73. The fraction of sp³-hybridized carbons (Fsp3) is 0.889. The molecule has 0 radical (unpaired) electrons. The average Bonchev–Trinajstić information content (AvgIpc) is 1.94. The Bertz CT molecular complexity index is 246. The van der Waals surface area contributed by atoms with E-state index in [-0.39, 0.29) is 0 Å². The summed E-state index contributed by atoms with van der Waals surface area (Å²) in [6, 6.07) is 0. The van der Waals surface area contributed by atoms with E-state index in [1.807, 2.05) is 4.90 Å². The minimum Gasteiger partial charge on any atom is -0.452 e. The first kappa shape index (κ1) is 12.3. The lowest BCUT2D eigenvalue weighted by atomic mass is 10.1. The molecular formula is C9H14F3NO2. The normalized spacial score (nSPS) is 18.5. The lowest BCUT2D eigenvalue weighted by molar-refractivity contribution is -0.213. The van der Waals surface area contributed by atoms with Gasteiger partial charge in [-0.25, -0.2) is 4.79 Å². The van der Waals surface area contributed by atoms with Gasteiger partial charge in [-0.15, -0.1) is 0 Å². The van der Waals surface area contributed by atoms with Gasteiger partial charge in [0.2, 0.25) is 0 Å². The number of hydrogen-bond donors (Lipinski definition) is 0. The molecule has 3 nitrogen and oxygen atoms in total. The van der Waals surface area contributed by atoms with Gasteiger partial charge in [0.15, 0.2) is 0 Å². The molecule has 1 saturated heterocycles. The maximum Gasteiger partial charge on any atom is 0.490 e. The molecule has 1 aliphatic rings. The van der Waals surface area contributed by atoms with E-state index in [0.29, 0.717) is 6.54 Å². The van der Waals surface area contributed by atoms with Gasteiger partial charge in [0, 0.05) is 6.54 Å². The largest absolute Gasteiger partial charge is 0.490 e. The Balaban J connectivity index is 2.43. The molecule has 0 aromatic carbocycles. The van der Waals surface area contributed by atoms with E-state index in [1.54, 1.807) is 0 Å². The average molecular weight is 225 g/mol. The molecule has 0 amide bonds. The van der Waals surface area contributed by atoms with Crippen LogP contribution < -0.4 is 0 Å². The van der Waals surface area contributed by atoms with E-state index in [1.165, 1.54) is 13.8 Å². The maximum atomic E-state index is 11.9. The van der Waals surface area contributed by atoms with Crippen LogP contribution >= 0.6 is 0 Å². The van der Waals surface area contributed by atoms with Crippen LogP contribution in [0.25, 0.3) is 0 Å². The summed E-state index contributed by atoms with van der Waals surface area (Å²) < 4.78 is 40.2. The molecule has 0 N–H and O–H groups in total. The highest BCUT2D eigenvalue weighted by molar-refractivity contribution is 5.76. The Morgan fingerprint density at radius 2 is 1.87 bits per heavy atom. The Morgan fingerprint density at radius 1 is 1.33 bits per heavy atom. The molecule has 0 saturated carbocycles. The van der Waals surface area contributed by atoms with Gasteiger partial charge in [-0.2, -0.15) is 13.2 Å². The number of ether oxygens (including phenoxy) is 1. The van der Waals surface area contributed by atoms with Gasteiger partial charge in [0.25, 0.3) is 0 Å². The SMILES string of the molecule is CC(C)(CN1CCC1)OC(=O)C(F)(F)F. The molecular weight excluding hydrogens is 211 g/mol. The summed E-state index contributed by atoms with van der Waals surface area (Å²) in [7, 11) is 0. The quantitative estimate of drug-likeness (QED) is 0.683. The van der Waals surface area contributed by atoms with Crippen molar-refractivity contribution in [2.24, 2.45) is 0 Å². The molecule has 0 spiro atoms. The molecule has 0 unspecified atom stereocenters. The van der Waals surface area contributed by atoms with Crippen LogP contribution in [0.4, 0.5) is 13.2 Å². The lowest BCUT2D eigenvalue weighted by Gasteiger charge is -2.37. The zero-order chi connectivity index (χ0) is 11.7. The van der Waals surface area contributed by atoms with Gasteiger partial charge in [-0.05, 0) is 33.4 Å². The molecule has 6 heteroatoms. The molecule has 0 aliphatic carbocycles. The van der Waals surface area contributed by atoms with Gasteiger partial charge < -0.3 is 4.74 Å². The zero-order valence-corrected chi connectivity index (χ0v) is 8.73. The first-order valence-electron chi connectivity index (χ1n) is 4.73. The van der Waals surface area contributed by atoms with E-state index in [9.17, 15) is 18.0 Å². The number of hydrogen-bond acceptors (Lipinski definition) is 3. The number of esters is 1. The molecule has 1 aliphatic heterocycles. The molecule has 0 bridgehead atoms. The fourth-order valence-electron chi connectivity index (χ4n) is 1.42. The van der Waals surface area contributed by atoms with E-state index in [4.69, 9.17) is 0 Å². The number of nitrogens with zero attached hydrogens (tertiary/aromatic N) is 1.